The molecule has 0 saturated carbocycles. The van der Waals surface area contributed by atoms with Gasteiger partial charge in [-0.25, -0.2) is 4.79 Å². The highest BCUT2D eigenvalue weighted by atomic mass is 32.1. The number of carbonyl (C=O) groups excluding carboxylic acids is 1. The summed E-state index contributed by atoms with van der Waals surface area (Å²) in [5, 5.41) is 5.49. The van der Waals surface area contributed by atoms with Gasteiger partial charge in [-0.15, -0.1) is 11.3 Å². The quantitative estimate of drug-likeness (QED) is 0.111. The number of esters is 1. The van der Waals surface area contributed by atoms with Crippen LogP contribution < -0.4 is 10.2 Å². The Morgan fingerprint density at radius 1 is 0.583 bits per heavy atom. The maximum absolute atomic E-state index is 14.1. The van der Waals surface area contributed by atoms with Crippen LogP contribution in [0, 0.1) is 0 Å². The summed E-state index contributed by atoms with van der Waals surface area (Å²) in [5.74, 6) is -0.185. The van der Waals surface area contributed by atoms with E-state index in [1.807, 2.05) is 66.7 Å². The van der Waals surface area contributed by atoms with Gasteiger partial charge in [0.1, 0.15) is 0 Å². The molecule has 0 aliphatic heterocycles. The maximum atomic E-state index is 14.1. The average molecular weight is 483 g/mol. The zero-order valence-electron chi connectivity index (χ0n) is 19.0. The predicted octanol–water partition coefficient (Wildman–Crippen LogP) is 8.05. The van der Waals surface area contributed by atoms with E-state index < -0.39 is 5.97 Å². The molecule has 3 nitrogen and oxygen atoms in total. The first-order valence-electron chi connectivity index (χ1n) is 11.7. The van der Waals surface area contributed by atoms with Gasteiger partial charge in [-0.05, 0) is 52.7 Å². The molecule has 0 fully saturated rings. The fraction of sp³-hybridized carbons (Fsp3) is 0. The summed E-state index contributed by atoms with van der Waals surface area (Å²) >= 11 is 1.70. The molecular formula is C32H18O3S. The van der Waals surface area contributed by atoms with E-state index in [2.05, 4.69) is 18.2 Å². The third-order valence-electron chi connectivity index (χ3n) is 6.73. The third-order valence-corrected chi connectivity index (χ3v) is 7.87. The standard InChI is InChI=1S/C32H18O3S/c33-30-23-16-15-22-21-13-7-8-14-25(21)36-26-18-17-24(28(23)29(22)26)31(27(30)19-9-3-1-4-10-19)35-32(34)20-11-5-2-6-12-20/h1-18H. The number of rotatable bonds is 3. The zero-order chi connectivity index (χ0) is 24.2. The molecule has 7 aromatic rings. The number of fused-ring (bicyclic) bond motifs is 2. The summed E-state index contributed by atoms with van der Waals surface area (Å²) in [6.07, 6.45) is 0. The Bertz CT molecular complexity index is 1990. The summed E-state index contributed by atoms with van der Waals surface area (Å²) in [6.45, 7) is 0. The van der Waals surface area contributed by atoms with E-state index in [9.17, 15) is 9.59 Å². The highest BCUT2D eigenvalue weighted by Gasteiger charge is 2.24. The van der Waals surface area contributed by atoms with Gasteiger partial charge >= 0.3 is 5.97 Å². The molecule has 0 aliphatic carbocycles. The molecule has 0 atom stereocenters. The van der Waals surface area contributed by atoms with Crippen molar-refractivity contribution in [1.29, 1.82) is 0 Å². The van der Waals surface area contributed by atoms with E-state index in [4.69, 9.17) is 4.74 Å². The predicted molar refractivity (Wildman–Crippen MR) is 149 cm³/mol. The molecule has 0 saturated heterocycles. The van der Waals surface area contributed by atoms with Crippen molar-refractivity contribution in [3.05, 3.63) is 125 Å². The molecule has 170 valence electrons. The molecule has 0 aliphatic rings. The topological polar surface area (TPSA) is 43.4 Å². The molecule has 0 unspecified atom stereocenters. The SMILES string of the molecule is O=C(Oc1c(-c2ccccc2)c(=O)c2ccc3c4ccccc4sc4ccc1c2c43)c1ccccc1. The molecule has 0 spiro atoms. The first-order chi connectivity index (χ1) is 17.7. The zero-order valence-corrected chi connectivity index (χ0v) is 19.8. The second-order valence-electron chi connectivity index (χ2n) is 8.77. The van der Waals surface area contributed by atoms with Crippen LogP contribution in [0.2, 0.25) is 0 Å². The van der Waals surface area contributed by atoms with E-state index in [0.29, 0.717) is 22.3 Å². The van der Waals surface area contributed by atoms with Crippen molar-refractivity contribution in [2.75, 3.05) is 0 Å². The van der Waals surface area contributed by atoms with E-state index in [-0.39, 0.29) is 5.43 Å². The fourth-order valence-corrected chi connectivity index (χ4v) is 6.24. The molecule has 0 bridgehead atoms. The number of ether oxygens (including phenoxy) is 1. The summed E-state index contributed by atoms with van der Waals surface area (Å²) in [7, 11) is 0. The van der Waals surface area contributed by atoms with Gasteiger partial charge in [-0.1, -0.05) is 72.8 Å². The van der Waals surface area contributed by atoms with Gasteiger partial charge in [-0.3, -0.25) is 4.79 Å². The van der Waals surface area contributed by atoms with Crippen LogP contribution in [0.25, 0.3) is 52.8 Å². The first kappa shape index (κ1) is 20.8. The molecule has 7 rings (SSSR count). The van der Waals surface area contributed by atoms with Crippen LogP contribution in [-0.4, -0.2) is 5.97 Å². The molecule has 0 N–H and O–H groups in total. The number of benzene rings is 6. The van der Waals surface area contributed by atoms with Gasteiger partial charge in [0, 0.05) is 30.9 Å². The lowest BCUT2D eigenvalue weighted by Crippen LogP contribution is -2.14. The Kier molecular flexibility index (Phi) is 4.63. The molecule has 4 heteroatoms. The van der Waals surface area contributed by atoms with Gasteiger partial charge < -0.3 is 4.74 Å². The molecule has 0 amide bonds. The van der Waals surface area contributed by atoms with Crippen LogP contribution in [0.15, 0.2) is 114 Å². The van der Waals surface area contributed by atoms with Crippen molar-refractivity contribution in [3.63, 3.8) is 0 Å². The van der Waals surface area contributed by atoms with Crippen molar-refractivity contribution < 1.29 is 9.53 Å². The van der Waals surface area contributed by atoms with Crippen molar-refractivity contribution in [1.82, 2.24) is 0 Å². The van der Waals surface area contributed by atoms with Crippen LogP contribution in [0.3, 0.4) is 0 Å². The normalized spacial score (nSPS) is 11.6. The molecule has 36 heavy (non-hydrogen) atoms. The average Bonchev–Trinajstić information content (AvgIpc) is 2.93. The van der Waals surface area contributed by atoms with Crippen LogP contribution >= 0.6 is 11.3 Å². The lowest BCUT2D eigenvalue weighted by atomic mass is 9.91. The molecule has 1 aromatic heterocycles. The number of carbonyl (C=O) groups is 1. The summed E-state index contributed by atoms with van der Waals surface area (Å²) < 4.78 is 8.35. The molecular weight excluding hydrogens is 464 g/mol. The van der Waals surface area contributed by atoms with E-state index in [1.165, 1.54) is 4.70 Å². The van der Waals surface area contributed by atoms with Gasteiger partial charge in [0.05, 0.1) is 11.1 Å². The van der Waals surface area contributed by atoms with Crippen LogP contribution in [0.5, 0.6) is 5.75 Å². The largest absolute Gasteiger partial charge is 0.421 e. The van der Waals surface area contributed by atoms with E-state index >= 15 is 0 Å². The lowest BCUT2D eigenvalue weighted by molar-refractivity contribution is 0.0738. The number of hydrogen-bond acceptors (Lipinski definition) is 4. The van der Waals surface area contributed by atoms with Gasteiger partial charge in [0.15, 0.2) is 11.2 Å². The van der Waals surface area contributed by atoms with Gasteiger partial charge in [0.25, 0.3) is 0 Å². The van der Waals surface area contributed by atoms with Crippen molar-refractivity contribution in [2.24, 2.45) is 0 Å². The summed E-state index contributed by atoms with van der Waals surface area (Å²) in [5.41, 5.74) is 1.41. The smallest absolute Gasteiger partial charge is 0.343 e. The maximum Gasteiger partial charge on any atom is 0.343 e. The van der Waals surface area contributed by atoms with E-state index in [1.54, 1.807) is 35.6 Å². The second-order valence-corrected chi connectivity index (χ2v) is 9.86. The highest BCUT2D eigenvalue weighted by Crippen LogP contribution is 2.45. The van der Waals surface area contributed by atoms with Gasteiger partial charge in [0.2, 0.25) is 0 Å². The van der Waals surface area contributed by atoms with Gasteiger partial charge in [-0.2, -0.15) is 0 Å². The van der Waals surface area contributed by atoms with Crippen LogP contribution in [-0.2, 0) is 0 Å². The third kappa shape index (κ3) is 3.05. The summed E-state index contributed by atoms with van der Waals surface area (Å²) in [4.78, 5) is 27.3. The van der Waals surface area contributed by atoms with Crippen LogP contribution in [0.4, 0.5) is 0 Å². The second kappa shape index (κ2) is 8.01. The van der Waals surface area contributed by atoms with E-state index in [0.717, 1.165) is 37.2 Å². The molecule has 1 heterocycles. The minimum atomic E-state index is -0.490. The Morgan fingerprint density at radius 3 is 2.06 bits per heavy atom. The van der Waals surface area contributed by atoms with Crippen LogP contribution in [0.1, 0.15) is 10.4 Å². The number of hydrogen-bond donors (Lipinski definition) is 0. The first-order valence-corrected chi connectivity index (χ1v) is 12.5. The highest BCUT2D eigenvalue weighted by molar-refractivity contribution is 7.25. The molecule has 0 radical (unpaired) electrons. The Hall–Kier alpha value is -4.54. The monoisotopic (exact) mass is 482 g/mol. The minimum absolute atomic E-state index is 0.142. The van der Waals surface area contributed by atoms with Crippen molar-refractivity contribution in [2.45, 2.75) is 0 Å². The van der Waals surface area contributed by atoms with Crippen molar-refractivity contribution >= 4 is 59.0 Å². The molecule has 6 aromatic carbocycles. The Labute approximate surface area is 210 Å². The van der Waals surface area contributed by atoms with Crippen molar-refractivity contribution in [3.8, 4) is 16.9 Å². The Balaban J connectivity index is 1.62. The minimum Gasteiger partial charge on any atom is -0.421 e. The fourth-order valence-electron chi connectivity index (χ4n) is 5.12. The summed E-state index contributed by atoms with van der Waals surface area (Å²) in [6, 6.07) is 34.6. The Morgan fingerprint density at radius 2 is 1.25 bits per heavy atom. The lowest BCUT2D eigenvalue weighted by Gasteiger charge is -2.18.